The maximum absolute atomic E-state index is 12.7. The van der Waals surface area contributed by atoms with E-state index in [0.29, 0.717) is 12.8 Å². The molecule has 10 nitrogen and oxygen atoms in total. The summed E-state index contributed by atoms with van der Waals surface area (Å²) < 4.78 is 22.1. The number of hydrogen-bond donors (Lipinski definition) is 4. The molecule has 6 unspecified atom stereocenters. The zero-order chi connectivity index (χ0) is 38.8. The molecule has 4 N–H and O–H groups in total. The Balaban J connectivity index is 2.33. The van der Waals surface area contributed by atoms with Gasteiger partial charge in [0.1, 0.15) is 31.0 Å². The van der Waals surface area contributed by atoms with Crippen LogP contribution in [0.2, 0.25) is 0 Å². The van der Waals surface area contributed by atoms with Crippen LogP contribution >= 0.6 is 0 Å². The lowest BCUT2D eigenvalue weighted by Crippen LogP contribution is -2.59. The van der Waals surface area contributed by atoms with Crippen LogP contribution in [-0.2, 0) is 28.5 Å². The van der Waals surface area contributed by atoms with Crippen molar-refractivity contribution in [1.82, 2.24) is 0 Å². The molecule has 0 aromatic carbocycles. The number of carbonyl (C=O) groups excluding carboxylic acids is 2. The van der Waals surface area contributed by atoms with Crippen molar-refractivity contribution < 1.29 is 49.0 Å². The van der Waals surface area contributed by atoms with Gasteiger partial charge in [0, 0.05) is 12.8 Å². The van der Waals surface area contributed by atoms with Gasteiger partial charge in [0.25, 0.3) is 0 Å². The lowest BCUT2D eigenvalue weighted by molar-refractivity contribution is -0.305. The Bertz CT molecular complexity index is 923. The summed E-state index contributed by atoms with van der Waals surface area (Å²) in [5.74, 6) is -0.822. The fourth-order valence-electron chi connectivity index (χ4n) is 6.36. The fraction of sp³-hybridized carbons (Fsp3) is 0.860. The van der Waals surface area contributed by atoms with Crippen molar-refractivity contribution in [3.63, 3.8) is 0 Å². The first-order chi connectivity index (χ1) is 25.8. The molecule has 10 heteroatoms. The van der Waals surface area contributed by atoms with E-state index < -0.39 is 49.4 Å². The molecule has 0 radical (unpaired) electrons. The third-order valence-corrected chi connectivity index (χ3v) is 9.79. The smallest absolute Gasteiger partial charge is 0.306 e. The number of allylic oxidation sites excluding steroid dienone is 4. The average Bonchev–Trinajstić information content (AvgIpc) is 3.15. The SMILES string of the molecule is CCC/C=C\CCCCCCCC(=O)OCC(COC1OC(CO)C(O)C(O)C1O)OC(=O)CCCCCCCCC/C=C\CCCCCCCCC. The molecule has 0 bridgehead atoms. The first-order valence-corrected chi connectivity index (χ1v) is 21.4. The van der Waals surface area contributed by atoms with E-state index in [-0.39, 0.29) is 32.0 Å². The second kappa shape index (κ2) is 34.7. The van der Waals surface area contributed by atoms with Crippen molar-refractivity contribution in [2.45, 2.75) is 218 Å². The van der Waals surface area contributed by atoms with Gasteiger partial charge in [-0.3, -0.25) is 9.59 Å². The largest absolute Gasteiger partial charge is 0.462 e. The summed E-state index contributed by atoms with van der Waals surface area (Å²) in [7, 11) is 0. The van der Waals surface area contributed by atoms with Crippen LogP contribution in [0.5, 0.6) is 0 Å². The highest BCUT2D eigenvalue weighted by molar-refractivity contribution is 5.70. The number of rotatable bonds is 35. The molecule has 1 fully saturated rings. The second-order valence-corrected chi connectivity index (χ2v) is 14.8. The highest BCUT2D eigenvalue weighted by Crippen LogP contribution is 2.22. The molecule has 6 atom stereocenters. The van der Waals surface area contributed by atoms with Crippen LogP contribution in [0.1, 0.15) is 181 Å². The molecular formula is C43H78O10. The highest BCUT2D eigenvalue weighted by atomic mass is 16.7. The van der Waals surface area contributed by atoms with E-state index in [1.54, 1.807) is 0 Å². The van der Waals surface area contributed by atoms with Crippen molar-refractivity contribution in [2.75, 3.05) is 19.8 Å². The molecule has 1 aliphatic heterocycles. The lowest BCUT2D eigenvalue weighted by Gasteiger charge is -2.39. The maximum Gasteiger partial charge on any atom is 0.306 e. The number of carbonyl (C=O) groups is 2. The molecule has 0 saturated carbocycles. The van der Waals surface area contributed by atoms with Gasteiger partial charge in [0.05, 0.1) is 13.2 Å². The Kier molecular flexibility index (Phi) is 32.2. The summed E-state index contributed by atoms with van der Waals surface area (Å²) in [5, 5.41) is 40.0. The van der Waals surface area contributed by atoms with Gasteiger partial charge in [-0.2, -0.15) is 0 Å². The molecule has 0 aromatic rings. The van der Waals surface area contributed by atoms with E-state index in [9.17, 15) is 30.0 Å². The standard InChI is InChI=1S/C43H78O10/c1-3-5-7-9-11-13-15-16-17-18-19-20-21-22-24-26-28-30-32-39(46)52-36(35-51-43-42(49)41(48)40(47)37(33-44)53-43)34-50-38(45)31-29-27-25-23-14-12-10-8-6-4-2/h8,10,17-18,36-37,40-44,47-49H,3-7,9,11-16,19-35H2,1-2H3/b10-8-,18-17-. The van der Waals surface area contributed by atoms with Gasteiger partial charge in [-0.1, -0.05) is 134 Å². The van der Waals surface area contributed by atoms with Crippen LogP contribution in [0, 0.1) is 0 Å². The van der Waals surface area contributed by atoms with Crippen molar-refractivity contribution in [3.8, 4) is 0 Å². The van der Waals surface area contributed by atoms with E-state index in [1.807, 2.05) is 0 Å². The number of aliphatic hydroxyl groups excluding tert-OH is 4. The average molecular weight is 755 g/mol. The molecule has 1 saturated heterocycles. The summed E-state index contributed by atoms with van der Waals surface area (Å²) in [4.78, 5) is 25.2. The first-order valence-electron chi connectivity index (χ1n) is 21.4. The molecule has 310 valence electrons. The van der Waals surface area contributed by atoms with Crippen molar-refractivity contribution in [1.29, 1.82) is 0 Å². The Morgan fingerprint density at radius 3 is 1.55 bits per heavy atom. The Morgan fingerprint density at radius 1 is 0.566 bits per heavy atom. The van der Waals surface area contributed by atoms with Gasteiger partial charge < -0.3 is 39.4 Å². The molecule has 1 aliphatic rings. The van der Waals surface area contributed by atoms with Crippen LogP contribution in [0.3, 0.4) is 0 Å². The van der Waals surface area contributed by atoms with Gasteiger partial charge in [0.15, 0.2) is 12.4 Å². The van der Waals surface area contributed by atoms with E-state index in [1.165, 1.54) is 77.0 Å². The zero-order valence-corrected chi connectivity index (χ0v) is 33.5. The second-order valence-electron chi connectivity index (χ2n) is 14.8. The zero-order valence-electron chi connectivity index (χ0n) is 33.5. The lowest BCUT2D eigenvalue weighted by atomic mass is 9.99. The van der Waals surface area contributed by atoms with Crippen molar-refractivity contribution >= 4 is 11.9 Å². The number of ether oxygens (including phenoxy) is 4. The first kappa shape index (κ1) is 49.2. The van der Waals surface area contributed by atoms with E-state index in [0.717, 1.165) is 64.2 Å². The van der Waals surface area contributed by atoms with Crippen LogP contribution in [0.25, 0.3) is 0 Å². The van der Waals surface area contributed by atoms with Crippen molar-refractivity contribution in [3.05, 3.63) is 24.3 Å². The topological polar surface area (TPSA) is 152 Å². The van der Waals surface area contributed by atoms with E-state index in [4.69, 9.17) is 18.9 Å². The Labute approximate surface area is 322 Å². The predicted molar refractivity (Wildman–Crippen MR) is 210 cm³/mol. The number of esters is 2. The molecular weight excluding hydrogens is 676 g/mol. The van der Waals surface area contributed by atoms with Crippen LogP contribution < -0.4 is 0 Å². The van der Waals surface area contributed by atoms with Gasteiger partial charge in [-0.25, -0.2) is 0 Å². The highest BCUT2D eigenvalue weighted by Gasteiger charge is 2.44. The molecule has 0 aromatic heterocycles. The maximum atomic E-state index is 12.7. The summed E-state index contributed by atoms with van der Waals surface area (Å²) in [6, 6.07) is 0. The van der Waals surface area contributed by atoms with Crippen LogP contribution in [0.15, 0.2) is 24.3 Å². The van der Waals surface area contributed by atoms with Gasteiger partial charge in [0.2, 0.25) is 0 Å². The van der Waals surface area contributed by atoms with E-state index in [2.05, 4.69) is 38.2 Å². The molecule has 0 amide bonds. The Hall–Kier alpha value is -1.82. The predicted octanol–water partition coefficient (Wildman–Crippen LogP) is 8.55. The third kappa shape index (κ3) is 26.6. The van der Waals surface area contributed by atoms with Gasteiger partial charge in [-0.15, -0.1) is 0 Å². The number of unbranched alkanes of at least 4 members (excludes halogenated alkanes) is 20. The molecule has 0 aliphatic carbocycles. The normalized spacial score (nSPS) is 21.1. The monoisotopic (exact) mass is 755 g/mol. The van der Waals surface area contributed by atoms with Crippen LogP contribution in [-0.4, -0.2) is 89.0 Å². The molecule has 1 heterocycles. The summed E-state index contributed by atoms with van der Waals surface area (Å²) in [5.41, 5.74) is 0. The van der Waals surface area contributed by atoms with E-state index >= 15 is 0 Å². The quantitative estimate of drug-likeness (QED) is 0.0281. The Morgan fingerprint density at radius 2 is 1.04 bits per heavy atom. The number of hydrogen-bond acceptors (Lipinski definition) is 10. The summed E-state index contributed by atoms with van der Waals surface area (Å²) in [6.45, 7) is 3.34. The molecule has 1 rings (SSSR count). The minimum Gasteiger partial charge on any atom is -0.462 e. The molecule has 53 heavy (non-hydrogen) atoms. The van der Waals surface area contributed by atoms with Gasteiger partial charge in [-0.05, 0) is 57.8 Å². The van der Waals surface area contributed by atoms with Gasteiger partial charge >= 0.3 is 11.9 Å². The fourth-order valence-corrected chi connectivity index (χ4v) is 6.36. The van der Waals surface area contributed by atoms with Crippen molar-refractivity contribution in [2.24, 2.45) is 0 Å². The minimum absolute atomic E-state index is 0.222. The summed E-state index contributed by atoms with van der Waals surface area (Å²) >= 11 is 0. The minimum atomic E-state index is -1.59. The number of aliphatic hydroxyl groups is 4. The molecule has 0 spiro atoms. The third-order valence-electron chi connectivity index (χ3n) is 9.79. The van der Waals surface area contributed by atoms with Crippen LogP contribution in [0.4, 0.5) is 0 Å². The summed E-state index contributed by atoms with van der Waals surface area (Å²) in [6.07, 6.45) is 29.1.